The van der Waals surface area contributed by atoms with Gasteiger partial charge in [0.2, 0.25) is 0 Å². The molecule has 0 heterocycles. The van der Waals surface area contributed by atoms with E-state index in [0.29, 0.717) is 5.92 Å². The quantitative estimate of drug-likeness (QED) is 0.802. The lowest BCUT2D eigenvalue weighted by atomic mass is 9.65. The molecule has 0 radical (unpaired) electrons. The summed E-state index contributed by atoms with van der Waals surface area (Å²) in [5.41, 5.74) is 0. The normalized spacial score (nSPS) is 45.0. The van der Waals surface area contributed by atoms with Gasteiger partial charge in [-0.15, -0.1) is 0 Å². The van der Waals surface area contributed by atoms with E-state index in [0.717, 1.165) is 49.4 Å². The van der Waals surface area contributed by atoms with Gasteiger partial charge in [0.05, 0.1) is 12.2 Å². The van der Waals surface area contributed by atoms with Gasteiger partial charge in [-0.1, -0.05) is 0 Å². The summed E-state index contributed by atoms with van der Waals surface area (Å²) in [6.45, 7) is 0. The third kappa shape index (κ3) is 3.81. The Morgan fingerprint density at radius 3 is 1.29 bits per heavy atom. The molecule has 0 atom stereocenters. The van der Waals surface area contributed by atoms with E-state index in [9.17, 15) is 5.11 Å². The summed E-state index contributed by atoms with van der Waals surface area (Å²) in [7, 11) is 0. The van der Waals surface area contributed by atoms with Crippen molar-refractivity contribution in [2.75, 3.05) is 0 Å². The van der Waals surface area contributed by atoms with Crippen molar-refractivity contribution in [3.63, 3.8) is 0 Å². The van der Waals surface area contributed by atoms with Crippen LogP contribution in [0.3, 0.4) is 0 Å². The van der Waals surface area contributed by atoms with Crippen molar-refractivity contribution in [2.24, 2.45) is 29.6 Å². The van der Waals surface area contributed by atoms with E-state index in [-0.39, 0.29) is 6.10 Å². The van der Waals surface area contributed by atoms with Crippen LogP contribution >= 0.6 is 0 Å². The molecule has 0 aromatic carbocycles. The molecule has 0 saturated heterocycles. The van der Waals surface area contributed by atoms with Gasteiger partial charge in [0, 0.05) is 5.92 Å². The summed E-state index contributed by atoms with van der Waals surface area (Å²) in [5.74, 6) is 4.08. The average molecular weight is 289 g/mol. The monoisotopic (exact) mass is 289 g/mol. The molecule has 3 aliphatic carbocycles. The first-order valence-electron chi connectivity index (χ1n) is 9.34. The third-order valence-electron chi connectivity index (χ3n) is 6.85. The van der Waals surface area contributed by atoms with Gasteiger partial charge in [0.15, 0.2) is 0 Å². The Morgan fingerprint density at radius 1 is 0.571 bits per heavy atom. The largest absolute Gasteiger partial charge is 0.393 e. The van der Waals surface area contributed by atoms with Gasteiger partial charge in [-0.05, 0) is 101 Å². The smallest absolute Gasteiger partial charge is 0.0655 e. The maximum Gasteiger partial charge on any atom is 0.0655 e. The molecule has 0 amide bonds. The lowest BCUT2D eigenvalue weighted by Gasteiger charge is -2.40. The molecule has 2 heteroatoms. The molecular formula is C19H31NO. The number of nitriles is 1. The fourth-order valence-electron chi connectivity index (χ4n) is 5.38. The van der Waals surface area contributed by atoms with Crippen molar-refractivity contribution in [3.05, 3.63) is 0 Å². The second-order valence-electron chi connectivity index (χ2n) is 7.98. The average Bonchev–Trinajstić information content (AvgIpc) is 2.56. The molecule has 0 unspecified atom stereocenters. The number of hydrogen-bond acceptors (Lipinski definition) is 2. The fraction of sp³-hybridized carbons (Fsp3) is 0.947. The van der Waals surface area contributed by atoms with E-state index >= 15 is 0 Å². The van der Waals surface area contributed by atoms with Crippen LogP contribution in [0.25, 0.3) is 0 Å². The van der Waals surface area contributed by atoms with Crippen molar-refractivity contribution >= 4 is 0 Å². The second-order valence-corrected chi connectivity index (χ2v) is 7.98. The molecule has 0 spiro atoms. The minimum Gasteiger partial charge on any atom is -0.393 e. The number of aliphatic hydroxyl groups is 1. The maximum atomic E-state index is 9.66. The van der Waals surface area contributed by atoms with E-state index in [1.54, 1.807) is 0 Å². The van der Waals surface area contributed by atoms with E-state index in [2.05, 4.69) is 6.07 Å². The standard InChI is InChI=1S/C19H31NO/c20-13-14-1-3-15(4-2-14)16-5-7-17(8-6-16)18-9-11-19(21)12-10-18/h14-19,21H,1-12H2. The molecule has 0 aromatic rings. The first kappa shape index (κ1) is 15.3. The highest BCUT2D eigenvalue weighted by molar-refractivity contribution is 4.90. The van der Waals surface area contributed by atoms with Gasteiger partial charge in [-0.2, -0.15) is 5.26 Å². The summed E-state index contributed by atoms with van der Waals surface area (Å²) in [6, 6.07) is 2.46. The van der Waals surface area contributed by atoms with Gasteiger partial charge < -0.3 is 5.11 Å². The molecule has 3 saturated carbocycles. The Bertz CT molecular complexity index is 350. The highest BCUT2D eigenvalue weighted by Gasteiger charge is 2.34. The van der Waals surface area contributed by atoms with Crippen LogP contribution in [0.2, 0.25) is 0 Å². The van der Waals surface area contributed by atoms with Crippen molar-refractivity contribution in [2.45, 2.75) is 83.2 Å². The molecule has 3 fully saturated rings. The van der Waals surface area contributed by atoms with Gasteiger partial charge in [-0.25, -0.2) is 0 Å². The minimum absolute atomic E-state index is 0.00657. The highest BCUT2D eigenvalue weighted by Crippen LogP contribution is 2.45. The van der Waals surface area contributed by atoms with Crippen molar-refractivity contribution in [1.82, 2.24) is 0 Å². The van der Waals surface area contributed by atoms with Crippen LogP contribution in [0.15, 0.2) is 0 Å². The summed E-state index contributed by atoms with van der Waals surface area (Å²) < 4.78 is 0. The molecular weight excluding hydrogens is 258 g/mol. The maximum absolute atomic E-state index is 9.66. The first-order valence-corrected chi connectivity index (χ1v) is 9.34. The van der Waals surface area contributed by atoms with Crippen LogP contribution < -0.4 is 0 Å². The molecule has 118 valence electrons. The second kappa shape index (κ2) is 7.14. The van der Waals surface area contributed by atoms with Crippen LogP contribution in [0.4, 0.5) is 0 Å². The Morgan fingerprint density at radius 2 is 0.905 bits per heavy atom. The first-order chi connectivity index (χ1) is 10.3. The molecule has 1 N–H and O–H groups in total. The molecule has 0 aliphatic heterocycles. The van der Waals surface area contributed by atoms with Crippen LogP contribution in [0, 0.1) is 40.9 Å². The van der Waals surface area contributed by atoms with Crippen molar-refractivity contribution < 1.29 is 5.11 Å². The highest BCUT2D eigenvalue weighted by atomic mass is 16.3. The van der Waals surface area contributed by atoms with Crippen LogP contribution in [0.5, 0.6) is 0 Å². The molecule has 21 heavy (non-hydrogen) atoms. The van der Waals surface area contributed by atoms with E-state index in [1.807, 2.05) is 0 Å². The molecule has 3 rings (SSSR count). The zero-order valence-electron chi connectivity index (χ0n) is 13.3. The van der Waals surface area contributed by atoms with Crippen LogP contribution in [-0.4, -0.2) is 11.2 Å². The summed E-state index contributed by atoms with van der Waals surface area (Å²) in [5, 5.41) is 18.7. The Labute approximate surface area is 129 Å². The Hall–Kier alpha value is -0.550. The summed E-state index contributed by atoms with van der Waals surface area (Å²) in [6.07, 6.45) is 15.3. The lowest BCUT2D eigenvalue weighted by molar-refractivity contribution is 0.0679. The van der Waals surface area contributed by atoms with Gasteiger partial charge in [0.25, 0.3) is 0 Å². The Kier molecular flexibility index (Phi) is 5.22. The number of nitrogens with zero attached hydrogens (tertiary/aromatic N) is 1. The molecule has 0 bridgehead atoms. The van der Waals surface area contributed by atoms with Crippen molar-refractivity contribution in [1.29, 1.82) is 5.26 Å². The van der Waals surface area contributed by atoms with E-state index in [4.69, 9.17) is 5.26 Å². The minimum atomic E-state index is -0.00657. The fourth-order valence-corrected chi connectivity index (χ4v) is 5.38. The lowest BCUT2D eigenvalue weighted by Crippen LogP contribution is -2.30. The summed E-state index contributed by atoms with van der Waals surface area (Å²) in [4.78, 5) is 0. The zero-order valence-corrected chi connectivity index (χ0v) is 13.3. The summed E-state index contributed by atoms with van der Waals surface area (Å²) >= 11 is 0. The van der Waals surface area contributed by atoms with Crippen LogP contribution in [-0.2, 0) is 0 Å². The van der Waals surface area contributed by atoms with E-state index in [1.165, 1.54) is 51.4 Å². The molecule has 0 aromatic heterocycles. The third-order valence-corrected chi connectivity index (χ3v) is 6.85. The van der Waals surface area contributed by atoms with Gasteiger partial charge in [0.1, 0.15) is 0 Å². The van der Waals surface area contributed by atoms with E-state index < -0.39 is 0 Å². The van der Waals surface area contributed by atoms with Gasteiger partial charge >= 0.3 is 0 Å². The molecule has 2 nitrogen and oxygen atoms in total. The zero-order chi connectivity index (χ0) is 14.7. The van der Waals surface area contributed by atoms with Gasteiger partial charge in [-0.3, -0.25) is 0 Å². The topological polar surface area (TPSA) is 44.0 Å². The predicted octanol–water partition coefficient (Wildman–Crippen LogP) is 4.67. The number of rotatable bonds is 2. The Balaban J connectivity index is 1.42. The predicted molar refractivity (Wildman–Crippen MR) is 84.5 cm³/mol. The molecule has 3 aliphatic rings. The number of aliphatic hydroxyl groups excluding tert-OH is 1. The SMILES string of the molecule is N#CC1CCC(C2CCC(C3CCC(O)CC3)CC2)CC1. The number of hydrogen-bond donors (Lipinski definition) is 1. The van der Waals surface area contributed by atoms with Crippen molar-refractivity contribution in [3.8, 4) is 6.07 Å². The van der Waals surface area contributed by atoms with Crippen LogP contribution in [0.1, 0.15) is 77.0 Å².